The molecule has 0 aromatic heterocycles. The van der Waals surface area contributed by atoms with Crippen LogP contribution in [0.4, 0.5) is 0 Å². The summed E-state index contributed by atoms with van der Waals surface area (Å²) >= 11 is 0. The summed E-state index contributed by atoms with van der Waals surface area (Å²) in [5.74, 6) is -0.706. The van der Waals surface area contributed by atoms with Crippen LogP contribution in [0.5, 0.6) is 5.75 Å². The van der Waals surface area contributed by atoms with Gasteiger partial charge in [-0.3, -0.25) is 9.59 Å². The van der Waals surface area contributed by atoms with E-state index in [-0.39, 0.29) is 38.0 Å². The molecule has 0 amide bonds. The first-order chi connectivity index (χ1) is 17.2. The van der Waals surface area contributed by atoms with Gasteiger partial charge in [-0.15, -0.1) is 0 Å². The molecule has 3 aromatic rings. The van der Waals surface area contributed by atoms with E-state index in [1.54, 1.807) is 48.5 Å². The molecular formula is C27H18O7S2. The van der Waals surface area contributed by atoms with Gasteiger partial charge in [-0.05, 0) is 48.6 Å². The van der Waals surface area contributed by atoms with Gasteiger partial charge in [-0.1, -0.05) is 48.5 Å². The average molecular weight is 519 g/mol. The molecule has 36 heavy (non-hydrogen) atoms. The summed E-state index contributed by atoms with van der Waals surface area (Å²) in [7, 11) is -8.01. The van der Waals surface area contributed by atoms with Crippen molar-refractivity contribution in [2.24, 2.45) is 0 Å². The lowest BCUT2D eigenvalue weighted by Gasteiger charge is -2.08. The fraction of sp³-hybridized carbons (Fsp3) is 0.0370. The summed E-state index contributed by atoms with van der Waals surface area (Å²) in [6, 6.07) is 20.4. The van der Waals surface area contributed by atoms with Crippen molar-refractivity contribution in [1.82, 2.24) is 0 Å². The highest BCUT2D eigenvalue weighted by Gasteiger charge is 2.39. The number of benzene rings is 3. The van der Waals surface area contributed by atoms with Crippen LogP contribution in [-0.2, 0) is 19.7 Å². The Bertz CT molecular complexity index is 1730. The maximum atomic E-state index is 12.9. The highest BCUT2D eigenvalue weighted by molar-refractivity contribution is 7.97. The number of ether oxygens (including phenoxy) is 1. The molecule has 3 aromatic carbocycles. The Morgan fingerprint density at radius 3 is 1.75 bits per heavy atom. The Morgan fingerprint density at radius 2 is 1.17 bits per heavy atom. The number of ketones is 2. The molecular weight excluding hydrogens is 500 g/mol. The van der Waals surface area contributed by atoms with Crippen LogP contribution in [0, 0.1) is 0 Å². The zero-order chi connectivity index (χ0) is 25.5. The topological polar surface area (TPSA) is 112 Å². The molecule has 0 spiro atoms. The van der Waals surface area contributed by atoms with Crippen molar-refractivity contribution in [3.63, 3.8) is 0 Å². The van der Waals surface area contributed by atoms with Gasteiger partial charge < -0.3 is 4.74 Å². The maximum Gasteiger partial charge on any atom is 0.211 e. The Hall–Kier alpha value is -4.08. The van der Waals surface area contributed by atoms with E-state index in [4.69, 9.17) is 4.74 Å². The molecule has 0 saturated carbocycles. The second-order valence-corrected chi connectivity index (χ2v) is 11.8. The van der Waals surface area contributed by atoms with Gasteiger partial charge in [-0.25, -0.2) is 16.8 Å². The first kappa shape index (κ1) is 23.7. The van der Waals surface area contributed by atoms with Gasteiger partial charge in [0.05, 0.1) is 9.79 Å². The molecule has 7 nitrogen and oxygen atoms in total. The number of rotatable bonds is 5. The standard InChI is InChI=1S/C27H18O7S2/c28-26-20-10-4-6-12-22(20)35(30,31)24(26)16-14-19(34-18-8-2-1-3-9-18)15-17-25-27(29)21-11-5-7-13-23(21)36(25,32)33/h1-14,16-17H,15H2. The van der Waals surface area contributed by atoms with Crippen LogP contribution in [0.1, 0.15) is 27.1 Å². The second-order valence-electron chi connectivity index (χ2n) is 8.01. The molecule has 2 heterocycles. The third-order valence-electron chi connectivity index (χ3n) is 5.77. The van der Waals surface area contributed by atoms with E-state index >= 15 is 0 Å². The number of Topliss-reactive ketones (excluding diaryl/α,β-unsaturated/α-hetero) is 2. The maximum absolute atomic E-state index is 12.9. The number of hydrogen-bond acceptors (Lipinski definition) is 7. The van der Waals surface area contributed by atoms with Crippen molar-refractivity contribution >= 4 is 31.2 Å². The molecule has 5 rings (SSSR count). The van der Waals surface area contributed by atoms with Crippen LogP contribution in [0.15, 0.2) is 122 Å². The van der Waals surface area contributed by atoms with Crippen molar-refractivity contribution in [2.75, 3.05) is 0 Å². The first-order valence-corrected chi connectivity index (χ1v) is 13.8. The zero-order valence-electron chi connectivity index (χ0n) is 18.6. The van der Waals surface area contributed by atoms with Gasteiger partial charge in [0.2, 0.25) is 31.2 Å². The van der Waals surface area contributed by atoms with E-state index in [0.29, 0.717) is 5.75 Å². The number of fused-ring (bicyclic) bond motifs is 2. The van der Waals surface area contributed by atoms with Crippen molar-refractivity contribution in [2.45, 2.75) is 16.2 Å². The van der Waals surface area contributed by atoms with E-state index in [1.165, 1.54) is 42.5 Å². The van der Waals surface area contributed by atoms with E-state index in [9.17, 15) is 26.4 Å². The summed E-state index contributed by atoms with van der Waals surface area (Å²) in [6.07, 6.45) is 3.55. The lowest BCUT2D eigenvalue weighted by atomic mass is 10.1. The van der Waals surface area contributed by atoms with Crippen molar-refractivity contribution in [1.29, 1.82) is 0 Å². The second kappa shape index (κ2) is 8.85. The van der Waals surface area contributed by atoms with Crippen LogP contribution < -0.4 is 4.74 Å². The third kappa shape index (κ3) is 3.92. The molecule has 0 radical (unpaired) electrons. The Balaban J connectivity index is 1.54. The van der Waals surface area contributed by atoms with Gasteiger partial charge in [0.1, 0.15) is 21.3 Å². The smallest absolute Gasteiger partial charge is 0.211 e. The molecule has 0 unspecified atom stereocenters. The van der Waals surface area contributed by atoms with Crippen molar-refractivity contribution < 1.29 is 31.2 Å². The van der Waals surface area contributed by atoms with E-state index in [2.05, 4.69) is 0 Å². The summed E-state index contributed by atoms with van der Waals surface area (Å²) < 4.78 is 57.4. The first-order valence-electron chi connectivity index (χ1n) is 10.8. The lowest BCUT2D eigenvalue weighted by molar-refractivity contribution is 0.103. The number of para-hydroxylation sites is 1. The van der Waals surface area contributed by atoms with Gasteiger partial charge in [0.25, 0.3) is 0 Å². The third-order valence-corrected chi connectivity index (χ3v) is 9.47. The van der Waals surface area contributed by atoms with Crippen LogP contribution in [-0.4, -0.2) is 28.4 Å². The zero-order valence-corrected chi connectivity index (χ0v) is 20.3. The summed E-state index contributed by atoms with van der Waals surface area (Å²) in [6.45, 7) is 0. The number of sulfone groups is 2. The van der Waals surface area contributed by atoms with Gasteiger partial charge >= 0.3 is 0 Å². The quantitative estimate of drug-likeness (QED) is 0.362. The fourth-order valence-electron chi connectivity index (χ4n) is 4.04. The Labute approximate surface area is 207 Å². The normalized spacial score (nSPS) is 19.9. The molecule has 180 valence electrons. The van der Waals surface area contributed by atoms with Crippen LogP contribution in [0.25, 0.3) is 0 Å². The molecule has 0 fully saturated rings. The van der Waals surface area contributed by atoms with Crippen molar-refractivity contribution in [3.8, 4) is 5.75 Å². The fourth-order valence-corrected chi connectivity index (χ4v) is 7.18. The monoisotopic (exact) mass is 518 g/mol. The highest BCUT2D eigenvalue weighted by atomic mass is 32.2. The minimum atomic E-state index is -4.01. The van der Waals surface area contributed by atoms with Gasteiger partial charge in [0.15, 0.2) is 0 Å². The van der Waals surface area contributed by atoms with Crippen molar-refractivity contribution in [3.05, 3.63) is 124 Å². The summed E-state index contributed by atoms with van der Waals surface area (Å²) in [5, 5.41) is 0. The van der Waals surface area contributed by atoms with Crippen LogP contribution >= 0.6 is 0 Å². The molecule has 0 N–H and O–H groups in total. The number of allylic oxidation sites excluding steroid dienone is 5. The molecule has 2 aliphatic rings. The number of carbonyl (C=O) groups is 2. The molecule has 0 aliphatic carbocycles. The van der Waals surface area contributed by atoms with E-state index < -0.39 is 36.1 Å². The van der Waals surface area contributed by atoms with E-state index in [1.807, 2.05) is 0 Å². The number of hydrogen-bond donors (Lipinski definition) is 0. The van der Waals surface area contributed by atoms with Gasteiger partial charge in [0, 0.05) is 17.5 Å². The van der Waals surface area contributed by atoms with E-state index in [0.717, 1.165) is 6.08 Å². The average Bonchev–Trinajstić information content (AvgIpc) is 3.19. The molecule has 0 atom stereocenters. The lowest BCUT2D eigenvalue weighted by Crippen LogP contribution is -2.04. The summed E-state index contributed by atoms with van der Waals surface area (Å²) in [5.41, 5.74) is 0.186. The van der Waals surface area contributed by atoms with Gasteiger partial charge in [-0.2, -0.15) is 0 Å². The Morgan fingerprint density at radius 1 is 0.667 bits per heavy atom. The van der Waals surface area contributed by atoms with Crippen LogP contribution in [0.2, 0.25) is 0 Å². The van der Waals surface area contributed by atoms with Crippen LogP contribution in [0.3, 0.4) is 0 Å². The minimum absolute atomic E-state index is 0.0571. The number of carbonyl (C=O) groups excluding carboxylic acids is 2. The molecule has 9 heteroatoms. The Kier molecular flexibility index (Phi) is 5.82. The summed E-state index contributed by atoms with van der Waals surface area (Å²) in [4.78, 5) is 24.6. The predicted octanol–water partition coefficient (Wildman–Crippen LogP) is 4.45. The molecule has 0 bridgehead atoms. The SMILES string of the molecule is O=C1C(=CC=C(CC=C2C(=O)c3ccccc3S2(=O)=O)Oc2ccccc2)S(=O)(=O)c2ccccc21. The highest BCUT2D eigenvalue weighted by Crippen LogP contribution is 2.35. The largest absolute Gasteiger partial charge is 0.461 e. The minimum Gasteiger partial charge on any atom is -0.461 e. The molecule has 0 saturated heterocycles. The predicted molar refractivity (Wildman–Crippen MR) is 132 cm³/mol. The molecule has 2 aliphatic heterocycles.